The van der Waals surface area contributed by atoms with Gasteiger partial charge in [0.15, 0.2) is 0 Å². The second-order valence-corrected chi connectivity index (χ2v) is 9.31. The zero-order chi connectivity index (χ0) is 25.5. The van der Waals surface area contributed by atoms with Crippen molar-refractivity contribution in [2.24, 2.45) is 0 Å². The van der Waals surface area contributed by atoms with Crippen LogP contribution in [0.1, 0.15) is 34.4 Å². The van der Waals surface area contributed by atoms with Crippen molar-refractivity contribution in [3.8, 4) is 0 Å². The largest absolute Gasteiger partial charge is 0.468 e. The van der Waals surface area contributed by atoms with Crippen molar-refractivity contribution in [1.29, 1.82) is 0 Å². The summed E-state index contributed by atoms with van der Waals surface area (Å²) in [5, 5.41) is 0.648. The first-order valence-corrected chi connectivity index (χ1v) is 12.5. The van der Waals surface area contributed by atoms with Crippen molar-refractivity contribution in [3.63, 3.8) is 0 Å². The summed E-state index contributed by atoms with van der Waals surface area (Å²) in [6.07, 6.45) is 4.17. The molecule has 0 aliphatic rings. The first kappa shape index (κ1) is 25.0. The zero-order valence-corrected chi connectivity index (χ0v) is 20.1. The monoisotopic (exact) mass is 509 g/mol. The molecule has 36 heavy (non-hydrogen) atoms. The van der Waals surface area contributed by atoms with Crippen molar-refractivity contribution in [3.05, 3.63) is 95.7 Å². The number of hydrogen-bond acceptors (Lipinski definition) is 8. The molecule has 2 heterocycles. The minimum Gasteiger partial charge on any atom is -0.468 e. The Bertz CT molecular complexity index is 1480. The van der Waals surface area contributed by atoms with Gasteiger partial charge in [-0.05, 0) is 48.9 Å². The van der Waals surface area contributed by atoms with E-state index in [0.29, 0.717) is 27.9 Å². The van der Waals surface area contributed by atoms with Crippen LogP contribution in [0.25, 0.3) is 17.0 Å². The number of ether oxygens (including phenoxy) is 2. The Kier molecular flexibility index (Phi) is 7.67. The van der Waals surface area contributed by atoms with Gasteiger partial charge in [-0.3, -0.25) is 0 Å². The Morgan fingerprint density at radius 1 is 1.00 bits per heavy atom. The highest BCUT2D eigenvalue weighted by Crippen LogP contribution is 2.27. The number of sulfonamides is 1. The second kappa shape index (κ2) is 11.1. The molecule has 4 rings (SSSR count). The number of rotatable bonds is 10. The van der Waals surface area contributed by atoms with Crippen LogP contribution in [0.15, 0.2) is 86.7 Å². The quantitative estimate of drug-likeness (QED) is 0.246. The predicted molar refractivity (Wildman–Crippen MR) is 130 cm³/mol. The third-order valence-corrected chi connectivity index (χ3v) is 6.55. The van der Waals surface area contributed by atoms with E-state index in [1.54, 1.807) is 55.5 Å². The molecule has 4 aromatic rings. The summed E-state index contributed by atoms with van der Waals surface area (Å²) in [5.41, 5.74) is 1.50. The Hall–Kier alpha value is -4.15. The van der Waals surface area contributed by atoms with Gasteiger partial charge < -0.3 is 18.3 Å². The van der Waals surface area contributed by atoms with Gasteiger partial charge in [-0.1, -0.05) is 30.3 Å². The lowest BCUT2D eigenvalue weighted by Gasteiger charge is -2.06. The lowest BCUT2D eigenvalue weighted by molar-refractivity contribution is -0.138. The minimum absolute atomic E-state index is 0.00714. The minimum atomic E-state index is -3.72. The molecular weight excluding hydrogens is 486 g/mol. The molecule has 0 aliphatic heterocycles. The van der Waals surface area contributed by atoms with Gasteiger partial charge in [-0.2, -0.15) is 0 Å². The average molecular weight is 510 g/mol. The summed E-state index contributed by atoms with van der Waals surface area (Å²) < 4.78 is 48.4. The van der Waals surface area contributed by atoms with Gasteiger partial charge in [-0.15, -0.1) is 0 Å². The molecule has 186 valence electrons. The van der Waals surface area contributed by atoms with Crippen molar-refractivity contribution >= 4 is 39.0 Å². The third kappa shape index (κ3) is 5.91. The molecule has 10 heteroatoms. The number of furan rings is 2. The van der Waals surface area contributed by atoms with E-state index in [9.17, 15) is 18.0 Å². The van der Waals surface area contributed by atoms with Gasteiger partial charge >= 0.3 is 11.9 Å². The highest BCUT2D eigenvalue weighted by atomic mass is 32.2. The fraction of sp³-hybridized carbons (Fsp3) is 0.154. The molecule has 0 fully saturated rings. The van der Waals surface area contributed by atoms with Gasteiger partial charge in [0.1, 0.15) is 18.0 Å². The topological polar surface area (TPSA) is 125 Å². The highest BCUT2D eigenvalue weighted by Gasteiger charge is 2.22. The molecule has 1 N–H and O–H groups in total. The number of carbonyl (C=O) groups is 2. The Morgan fingerprint density at radius 2 is 1.78 bits per heavy atom. The van der Waals surface area contributed by atoms with Crippen LogP contribution in [0.4, 0.5) is 0 Å². The molecule has 0 amide bonds. The summed E-state index contributed by atoms with van der Waals surface area (Å²) in [4.78, 5) is 24.7. The molecule has 0 saturated carbocycles. The van der Waals surface area contributed by atoms with Gasteiger partial charge in [0.25, 0.3) is 0 Å². The van der Waals surface area contributed by atoms with Gasteiger partial charge in [0.05, 0.1) is 29.9 Å². The van der Waals surface area contributed by atoms with Crippen molar-refractivity contribution in [1.82, 2.24) is 4.72 Å². The first-order chi connectivity index (χ1) is 17.4. The van der Waals surface area contributed by atoms with Crippen LogP contribution in [0.2, 0.25) is 0 Å². The molecule has 9 nitrogen and oxygen atoms in total. The SMILES string of the molecule is CCOC(=O)c1oc2ccccc2c1COC(=O)/C=C/c1ccc(S(=O)(=O)NCc2ccco2)cc1. The maximum atomic E-state index is 12.4. The number of para-hydroxylation sites is 1. The van der Waals surface area contributed by atoms with Crippen LogP contribution >= 0.6 is 0 Å². The van der Waals surface area contributed by atoms with Crippen LogP contribution in [0.3, 0.4) is 0 Å². The molecule has 0 bridgehead atoms. The van der Waals surface area contributed by atoms with Crippen molar-refractivity contribution < 1.29 is 36.3 Å². The lowest BCUT2D eigenvalue weighted by Crippen LogP contribution is -2.22. The molecule has 2 aromatic carbocycles. The number of esters is 2. The predicted octanol–water partition coefficient (Wildman–Crippen LogP) is 4.44. The Morgan fingerprint density at radius 3 is 2.50 bits per heavy atom. The highest BCUT2D eigenvalue weighted by molar-refractivity contribution is 7.89. The number of fused-ring (bicyclic) bond motifs is 1. The van der Waals surface area contributed by atoms with Gasteiger partial charge in [0, 0.05) is 11.5 Å². The maximum Gasteiger partial charge on any atom is 0.374 e. The summed E-state index contributed by atoms with van der Waals surface area (Å²) in [5.74, 6) is -0.794. The average Bonchev–Trinajstić information content (AvgIpc) is 3.53. The van der Waals surface area contributed by atoms with E-state index in [0.717, 1.165) is 0 Å². The molecular formula is C26H23NO8S. The fourth-order valence-corrected chi connectivity index (χ4v) is 4.37. The van der Waals surface area contributed by atoms with E-state index in [2.05, 4.69) is 4.72 Å². The molecule has 0 saturated heterocycles. The van der Waals surface area contributed by atoms with Crippen LogP contribution < -0.4 is 4.72 Å². The molecule has 2 aromatic heterocycles. The summed E-state index contributed by atoms with van der Waals surface area (Å²) >= 11 is 0. The first-order valence-electron chi connectivity index (χ1n) is 11.0. The molecule has 0 spiro atoms. The van der Waals surface area contributed by atoms with Crippen LogP contribution in [0, 0.1) is 0 Å². The van der Waals surface area contributed by atoms with E-state index in [4.69, 9.17) is 18.3 Å². The van der Waals surface area contributed by atoms with E-state index in [-0.39, 0.29) is 30.4 Å². The number of hydrogen-bond donors (Lipinski definition) is 1. The van der Waals surface area contributed by atoms with E-state index < -0.39 is 22.0 Å². The maximum absolute atomic E-state index is 12.4. The van der Waals surface area contributed by atoms with Crippen molar-refractivity contribution in [2.75, 3.05) is 6.61 Å². The number of carbonyl (C=O) groups excluding carboxylic acids is 2. The fourth-order valence-electron chi connectivity index (χ4n) is 3.38. The van der Waals surface area contributed by atoms with Crippen LogP contribution in [-0.4, -0.2) is 27.0 Å². The van der Waals surface area contributed by atoms with Crippen LogP contribution in [-0.2, 0) is 37.4 Å². The molecule has 0 aliphatic carbocycles. The normalized spacial score (nSPS) is 11.7. The molecule has 0 radical (unpaired) electrons. The number of nitrogens with one attached hydrogen (secondary N) is 1. The zero-order valence-electron chi connectivity index (χ0n) is 19.3. The van der Waals surface area contributed by atoms with Gasteiger partial charge in [-0.25, -0.2) is 22.7 Å². The summed E-state index contributed by atoms with van der Waals surface area (Å²) in [6, 6.07) is 16.4. The van der Waals surface area contributed by atoms with Gasteiger partial charge in [0.2, 0.25) is 15.8 Å². The molecule has 0 atom stereocenters. The second-order valence-electron chi connectivity index (χ2n) is 7.54. The summed E-state index contributed by atoms with van der Waals surface area (Å²) in [6.45, 7) is 1.71. The standard InChI is InChI=1S/C26H23NO8S/c1-2-32-26(29)25-22(21-7-3-4-8-23(21)35-25)17-34-24(28)14-11-18-9-12-20(13-10-18)36(30,31)27-16-19-6-5-15-33-19/h3-15,27H,2,16-17H2,1H3/b14-11+. The smallest absolute Gasteiger partial charge is 0.374 e. The number of benzene rings is 2. The Balaban J connectivity index is 1.39. The van der Waals surface area contributed by atoms with Crippen LogP contribution in [0.5, 0.6) is 0 Å². The Labute approximate surface area is 207 Å². The summed E-state index contributed by atoms with van der Waals surface area (Å²) in [7, 11) is -3.72. The lowest BCUT2D eigenvalue weighted by atomic mass is 10.1. The van der Waals surface area contributed by atoms with E-state index in [1.807, 2.05) is 0 Å². The van der Waals surface area contributed by atoms with E-state index in [1.165, 1.54) is 30.5 Å². The molecule has 0 unspecified atom stereocenters. The van der Waals surface area contributed by atoms with Crippen molar-refractivity contribution in [2.45, 2.75) is 25.0 Å². The third-order valence-electron chi connectivity index (χ3n) is 5.14. The van der Waals surface area contributed by atoms with E-state index >= 15 is 0 Å².